The summed E-state index contributed by atoms with van der Waals surface area (Å²) in [5.41, 5.74) is -1.17. The first-order chi connectivity index (χ1) is 8.50. The van der Waals surface area contributed by atoms with Crippen molar-refractivity contribution in [3.05, 3.63) is 0 Å². The molecular weight excluding hydrogens is 256 g/mol. The zero-order valence-corrected chi connectivity index (χ0v) is 11.1. The van der Waals surface area contributed by atoms with E-state index in [1.807, 2.05) is 6.92 Å². The molecular formula is C11H18N2O4S. The maximum Gasteiger partial charge on any atom is 0.330 e. The second kappa shape index (κ2) is 6.63. The van der Waals surface area contributed by atoms with Gasteiger partial charge in [-0.15, -0.1) is 0 Å². The zero-order chi connectivity index (χ0) is 13.6. The summed E-state index contributed by atoms with van der Waals surface area (Å²) in [5.74, 6) is -0.575. The summed E-state index contributed by atoms with van der Waals surface area (Å²) in [4.78, 5) is 34.0. The van der Waals surface area contributed by atoms with Gasteiger partial charge in [0.15, 0.2) is 0 Å². The van der Waals surface area contributed by atoms with Crippen molar-refractivity contribution in [2.24, 2.45) is 0 Å². The van der Waals surface area contributed by atoms with Crippen molar-refractivity contribution in [3.8, 4) is 0 Å². The van der Waals surface area contributed by atoms with Gasteiger partial charge in [0, 0.05) is 12.2 Å². The first-order valence-corrected chi connectivity index (χ1v) is 7.04. The lowest BCUT2D eigenvalue weighted by Crippen LogP contribution is -2.56. The maximum atomic E-state index is 11.6. The third-order valence-corrected chi connectivity index (χ3v) is 3.92. The molecule has 2 amide bonds. The Balaban J connectivity index is 2.43. The summed E-state index contributed by atoms with van der Waals surface area (Å²) in [7, 11) is 0. The molecule has 1 saturated heterocycles. The standard InChI is InChI=1S/C11H18N2O4S/c1-2-3-8(14)12-6-9(15)13-11(10(16)17)4-5-18-7-11/h2-7H2,1H3,(H,12,14)(H,13,15)(H,16,17). The molecule has 0 aliphatic carbocycles. The van der Waals surface area contributed by atoms with Crippen LogP contribution in [0.1, 0.15) is 26.2 Å². The fourth-order valence-corrected chi connectivity index (χ4v) is 3.02. The SMILES string of the molecule is CCCC(=O)NCC(=O)NC1(C(=O)O)CCSC1. The van der Waals surface area contributed by atoms with E-state index in [1.165, 1.54) is 11.8 Å². The van der Waals surface area contributed by atoms with Crippen LogP contribution in [-0.2, 0) is 14.4 Å². The first kappa shape index (κ1) is 14.8. The summed E-state index contributed by atoms with van der Waals surface area (Å²) < 4.78 is 0. The lowest BCUT2D eigenvalue weighted by atomic mass is 9.99. The first-order valence-electron chi connectivity index (χ1n) is 5.89. The Bertz CT molecular complexity index is 340. The van der Waals surface area contributed by atoms with E-state index in [9.17, 15) is 14.4 Å². The third-order valence-electron chi connectivity index (χ3n) is 2.73. The van der Waals surface area contributed by atoms with E-state index in [0.29, 0.717) is 25.0 Å². The Hall–Kier alpha value is -1.24. The number of carboxylic acids is 1. The van der Waals surface area contributed by atoms with Crippen LogP contribution >= 0.6 is 11.8 Å². The number of hydrogen-bond acceptors (Lipinski definition) is 4. The van der Waals surface area contributed by atoms with Gasteiger partial charge in [-0.2, -0.15) is 11.8 Å². The molecule has 7 heteroatoms. The molecule has 0 aromatic rings. The molecule has 0 saturated carbocycles. The second-order valence-electron chi connectivity index (χ2n) is 4.26. The van der Waals surface area contributed by atoms with E-state index in [0.717, 1.165) is 5.75 Å². The minimum Gasteiger partial charge on any atom is -0.479 e. The molecule has 6 nitrogen and oxygen atoms in total. The van der Waals surface area contributed by atoms with Crippen molar-refractivity contribution in [2.45, 2.75) is 31.7 Å². The molecule has 0 aromatic heterocycles. The Morgan fingerprint density at radius 1 is 1.33 bits per heavy atom. The molecule has 1 heterocycles. The summed E-state index contributed by atoms with van der Waals surface area (Å²) in [6.45, 7) is 1.70. The molecule has 0 bridgehead atoms. The van der Waals surface area contributed by atoms with E-state index >= 15 is 0 Å². The highest BCUT2D eigenvalue weighted by Crippen LogP contribution is 2.28. The topological polar surface area (TPSA) is 95.5 Å². The minimum atomic E-state index is -1.17. The molecule has 1 aliphatic heterocycles. The summed E-state index contributed by atoms with van der Waals surface area (Å²) in [6.07, 6.45) is 1.50. The van der Waals surface area contributed by atoms with E-state index in [-0.39, 0.29) is 12.5 Å². The van der Waals surface area contributed by atoms with Gasteiger partial charge in [0.25, 0.3) is 0 Å². The largest absolute Gasteiger partial charge is 0.479 e. The highest BCUT2D eigenvalue weighted by atomic mass is 32.2. The molecule has 1 aliphatic rings. The van der Waals surface area contributed by atoms with Gasteiger partial charge in [0.2, 0.25) is 11.8 Å². The Morgan fingerprint density at radius 3 is 2.56 bits per heavy atom. The van der Waals surface area contributed by atoms with Gasteiger partial charge in [-0.3, -0.25) is 9.59 Å². The van der Waals surface area contributed by atoms with Gasteiger partial charge in [-0.1, -0.05) is 6.92 Å². The Kier molecular flexibility index (Phi) is 5.46. The van der Waals surface area contributed by atoms with Crippen LogP contribution in [0.25, 0.3) is 0 Å². The number of carbonyl (C=O) groups excluding carboxylic acids is 2. The van der Waals surface area contributed by atoms with Crippen LogP contribution in [0, 0.1) is 0 Å². The van der Waals surface area contributed by atoms with Crippen LogP contribution in [0.4, 0.5) is 0 Å². The smallest absolute Gasteiger partial charge is 0.330 e. The van der Waals surface area contributed by atoms with Crippen LogP contribution in [0.15, 0.2) is 0 Å². The number of hydrogen-bond donors (Lipinski definition) is 3. The number of aliphatic carboxylic acids is 1. The lowest BCUT2D eigenvalue weighted by Gasteiger charge is -2.24. The molecule has 102 valence electrons. The zero-order valence-electron chi connectivity index (χ0n) is 10.3. The van der Waals surface area contributed by atoms with Crippen LogP contribution < -0.4 is 10.6 Å². The van der Waals surface area contributed by atoms with Crippen molar-refractivity contribution >= 4 is 29.5 Å². The predicted octanol–water partition coefficient (Wildman–Crippen LogP) is -0.0208. The molecule has 1 rings (SSSR count). The summed E-state index contributed by atoms with van der Waals surface area (Å²) >= 11 is 1.50. The van der Waals surface area contributed by atoms with Crippen LogP contribution in [0.5, 0.6) is 0 Å². The average molecular weight is 274 g/mol. The molecule has 1 unspecified atom stereocenters. The van der Waals surface area contributed by atoms with E-state index in [1.54, 1.807) is 0 Å². The summed E-state index contributed by atoms with van der Waals surface area (Å²) in [6, 6.07) is 0. The minimum absolute atomic E-state index is 0.168. The van der Waals surface area contributed by atoms with Gasteiger partial charge in [-0.05, 0) is 18.6 Å². The molecule has 1 fully saturated rings. The van der Waals surface area contributed by atoms with E-state index in [4.69, 9.17) is 5.11 Å². The molecule has 3 N–H and O–H groups in total. The van der Waals surface area contributed by atoms with Crippen LogP contribution in [-0.4, -0.2) is 46.5 Å². The van der Waals surface area contributed by atoms with Crippen molar-refractivity contribution in [1.29, 1.82) is 0 Å². The normalized spacial score (nSPS) is 22.5. The monoisotopic (exact) mass is 274 g/mol. The second-order valence-corrected chi connectivity index (χ2v) is 5.37. The van der Waals surface area contributed by atoms with Gasteiger partial charge < -0.3 is 15.7 Å². The Morgan fingerprint density at radius 2 is 2.06 bits per heavy atom. The fraction of sp³-hybridized carbons (Fsp3) is 0.727. The number of carbonyl (C=O) groups is 3. The van der Waals surface area contributed by atoms with Gasteiger partial charge in [-0.25, -0.2) is 4.79 Å². The van der Waals surface area contributed by atoms with Gasteiger partial charge >= 0.3 is 5.97 Å². The Labute approximate surface area is 110 Å². The van der Waals surface area contributed by atoms with Crippen LogP contribution in [0.2, 0.25) is 0 Å². The van der Waals surface area contributed by atoms with Gasteiger partial charge in [0.05, 0.1) is 6.54 Å². The molecule has 0 radical (unpaired) electrons. The van der Waals surface area contributed by atoms with Crippen molar-refractivity contribution in [2.75, 3.05) is 18.1 Å². The number of thioether (sulfide) groups is 1. The molecule has 0 aromatic carbocycles. The van der Waals surface area contributed by atoms with Gasteiger partial charge in [0.1, 0.15) is 5.54 Å². The molecule has 18 heavy (non-hydrogen) atoms. The van der Waals surface area contributed by atoms with E-state index < -0.39 is 17.4 Å². The number of amides is 2. The maximum absolute atomic E-state index is 11.6. The number of carboxylic acid groups (broad SMARTS) is 1. The quantitative estimate of drug-likeness (QED) is 0.632. The molecule has 1 atom stereocenters. The molecule has 0 spiro atoms. The van der Waals surface area contributed by atoms with Crippen molar-refractivity contribution < 1.29 is 19.5 Å². The van der Waals surface area contributed by atoms with Crippen LogP contribution in [0.3, 0.4) is 0 Å². The predicted molar refractivity (Wildman–Crippen MR) is 68.4 cm³/mol. The number of nitrogens with one attached hydrogen (secondary N) is 2. The van der Waals surface area contributed by atoms with Crippen molar-refractivity contribution in [1.82, 2.24) is 10.6 Å². The lowest BCUT2D eigenvalue weighted by molar-refractivity contribution is -0.146. The number of rotatable bonds is 6. The average Bonchev–Trinajstić information content (AvgIpc) is 2.77. The highest BCUT2D eigenvalue weighted by Gasteiger charge is 2.43. The third kappa shape index (κ3) is 3.90. The van der Waals surface area contributed by atoms with Crippen molar-refractivity contribution in [3.63, 3.8) is 0 Å². The van der Waals surface area contributed by atoms with E-state index in [2.05, 4.69) is 10.6 Å². The fourth-order valence-electron chi connectivity index (χ4n) is 1.69. The summed E-state index contributed by atoms with van der Waals surface area (Å²) in [5, 5.41) is 14.1. The highest BCUT2D eigenvalue weighted by molar-refractivity contribution is 7.99.